The average molecular weight is 497 g/mol. The van der Waals surface area contributed by atoms with E-state index in [4.69, 9.17) is 13.9 Å². The third-order valence-electron chi connectivity index (χ3n) is 5.78. The Balaban J connectivity index is 1.87. The van der Waals surface area contributed by atoms with Crippen molar-refractivity contribution in [3.05, 3.63) is 75.5 Å². The number of hydrogen-bond donors (Lipinski definition) is 2. The van der Waals surface area contributed by atoms with E-state index >= 15 is 0 Å². The molecule has 0 aliphatic carbocycles. The standard InChI is InChI=1S/C26H25F2N3O5/c1-4-5-10-16-20(21-17(34-2)11-7-12-18(21)35-3)24(32)22(25(33)29-16)26-31-30-19(36-26)13-14-8-6-9-15(27)23(14)28/h6-9,11-12H,4-5,10,13H2,1-3H3,(H2,29,32,33). The predicted octanol–water partition coefficient (Wildman–Crippen LogP) is 5.03. The highest BCUT2D eigenvalue weighted by Crippen LogP contribution is 2.46. The quantitative estimate of drug-likeness (QED) is 0.334. The fourth-order valence-electron chi connectivity index (χ4n) is 4.02. The van der Waals surface area contributed by atoms with Crippen LogP contribution in [0, 0.1) is 11.6 Å². The molecule has 0 unspecified atom stereocenters. The molecule has 2 N–H and O–H groups in total. The van der Waals surface area contributed by atoms with Crippen molar-refractivity contribution in [1.29, 1.82) is 0 Å². The van der Waals surface area contributed by atoms with E-state index in [0.717, 1.165) is 18.9 Å². The number of rotatable bonds is 9. The van der Waals surface area contributed by atoms with Crippen LogP contribution in [0.5, 0.6) is 17.2 Å². The highest BCUT2D eigenvalue weighted by Gasteiger charge is 2.27. The predicted molar refractivity (Wildman–Crippen MR) is 128 cm³/mol. The van der Waals surface area contributed by atoms with Gasteiger partial charge in [-0.05, 0) is 31.0 Å². The molecule has 0 radical (unpaired) electrons. The van der Waals surface area contributed by atoms with Gasteiger partial charge in [-0.3, -0.25) is 4.79 Å². The molecular formula is C26H25F2N3O5. The van der Waals surface area contributed by atoms with Crippen LogP contribution in [-0.4, -0.2) is 34.5 Å². The highest BCUT2D eigenvalue weighted by atomic mass is 19.2. The van der Waals surface area contributed by atoms with Gasteiger partial charge in [0.25, 0.3) is 11.4 Å². The topological polar surface area (TPSA) is 110 Å². The van der Waals surface area contributed by atoms with Gasteiger partial charge in [0.2, 0.25) is 5.89 Å². The van der Waals surface area contributed by atoms with Crippen molar-refractivity contribution in [2.45, 2.75) is 32.6 Å². The van der Waals surface area contributed by atoms with Crippen LogP contribution in [0.15, 0.2) is 45.6 Å². The molecule has 36 heavy (non-hydrogen) atoms. The van der Waals surface area contributed by atoms with Gasteiger partial charge in [-0.1, -0.05) is 31.5 Å². The molecule has 8 nitrogen and oxygen atoms in total. The van der Waals surface area contributed by atoms with Gasteiger partial charge >= 0.3 is 0 Å². The number of methoxy groups -OCH3 is 2. The summed E-state index contributed by atoms with van der Waals surface area (Å²) in [4.78, 5) is 15.9. The zero-order chi connectivity index (χ0) is 25.8. The number of aromatic hydroxyl groups is 1. The number of ether oxygens (including phenoxy) is 2. The second kappa shape index (κ2) is 10.6. The Morgan fingerprint density at radius 1 is 1.00 bits per heavy atom. The fraction of sp³-hybridized carbons (Fsp3) is 0.269. The summed E-state index contributed by atoms with van der Waals surface area (Å²) >= 11 is 0. The minimum Gasteiger partial charge on any atom is -0.506 e. The average Bonchev–Trinajstić information content (AvgIpc) is 3.33. The Bertz CT molecular complexity index is 1430. The van der Waals surface area contributed by atoms with Crippen LogP contribution in [-0.2, 0) is 12.8 Å². The summed E-state index contributed by atoms with van der Waals surface area (Å²) in [5.74, 6) is -1.89. The SMILES string of the molecule is CCCCc1[nH]c(=O)c(-c2nnc(Cc3cccc(F)c3F)o2)c(O)c1-c1c(OC)cccc1OC. The molecule has 10 heteroatoms. The van der Waals surface area contributed by atoms with Crippen molar-refractivity contribution in [3.63, 3.8) is 0 Å². The van der Waals surface area contributed by atoms with E-state index < -0.39 is 17.2 Å². The zero-order valence-corrected chi connectivity index (χ0v) is 20.0. The molecule has 0 fully saturated rings. The second-order valence-corrected chi connectivity index (χ2v) is 8.06. The number of aromatic amines is 1. The summed E-state index contributed by atoms with van der Waals surface area (Å²) in [6.45, 7) is 2.01. The van der Waals surface area contributed by atoms with Gasteiger partial charge < -0.3 is 24.0 Å². The highest BCUT2D eigenvalue weighted by molar-refractivity contribution is 5.86. The first-order valence-corrected chi connectivity index (χ1v) is 11.3. The number of benzene rings is 2. The molecule has 4 rings (SSSR count). The summed E-state index contributed by atoms with van der Waals surface area (Å²) < 4.78 is 44.3. The van der Waals surface area contributed by atoms with Crippen LogP contribution >= 0.6 is 0 Å². The molecule has 0 saturated heterocycles. The third kappa shape index (κ3) is 4.66. The lowest BCUT2D eigenvalue weighted by atomic mass is 9.96. The lowest BCUT2D eigenvalue weighted by Gasteiger charge is -2.18. The Morgan fingerprint density at radius 2 is 1.69 bits per heavy atom. The van der Waals surface area contributed by atoms with E-state index in [0.29, 0.717) is 34.7 Å². The molecule has 2 aromatic carbocycles. The fourth-order valence-corrected chi connectivity index (χ4v) is 4.02. The van der Waals surface area contributed by atoms with Crippen molar-refractivity contribution >= 4 is 0 Å². The van der Waals surface area contributed by atoms with Crippen LogP contribution in [0.2, 0.25) is 0 Å². The third-order valence-corrected chi connectivity index (χ3v) is 5.78. The molecule has 0 atom stereocenters. The van der Waals surface area contributed by atoms with E-state index in [2.05, 4.69) is 15.2 Å². The first kappa shape index (κ1) is 24.9. The maximum Gasteiger partial charge on any atom is 0.264 e. The number of pyridine rings is 1. The van der Waals surface area contributed by atoms with Crippen molar-refractivity contribution in [1.82, 2.24) is 15.2 Å². The Labute approximate surface area is 205 Å². The number of nitrogens with one attached hydrogen (secondary N) is 1. The van der Waals surface area contributed by atoms with Crippen LogP contribution in [0.4, 0.5) is 8.78 Å². The molecule has 2 heterocycles. The zero-order valence-electron chi connectivity index (χ0n) is 20.0. The van der Waals surface area contributed by atoms with Crippen molar-refractivity contribution in [2.24, 2.45) is 0 Å². The van der Waals surface area contributed by atoms with Gasteiger partial charge in [-0.2, -0.15) is 0 Å². The van der Waals surface area contributed by atoms with E-state index in [1.165, 1.54) is 26.4 Å². The van der Waals surface area contributed by atoms with Crippen LogP contribution in [0.1, 0.15) is 36.9 Å². The minimum atomic E-state index is -1.02. The van der Waals surface area contributed by atoms with Gasteiger partial charge in [0.1, 0.15) is 22.8 Å². The number of halogens is 2. The van der Waals surface area contributed by atoms with E-state index in [9.17, 15) is 18.7 Å². The monoisotopic (exact) mass is 497 g/mol. The van der Waals surface area contributed by atoms with Crippen LogP contribution in [0.25, 0.3) is 22.6 Å². The summed E-state index contributed by atoms with van der Waals surface area (Å²) in [5, 5.41) is 19.2. The molecule has 2 aromatic heterocycles. The van der Waals surface area contributed by atoms with Crippen molar-refractivity contribution in [2.75, 3.05) is 14.2 Å². The normalized spacial score (nSPS) is 11.0. The van der Waals surface area contributed by atoms with E-state index in [1.807, 2.05) is 6.92 Å². The molecule has 0 spiro atoms. The van der Waals surface area contributed by atoms with Gasteiger partial charge in [0, 0.05) is 11.3 Å². The molecule has 0 aliphatic rings. The van der Waals surface area contributed by atoms with Crippen LogP contribution in [0.3, 0.4) is 0 Å². The number of unbranched alkanes of at least 4 members (excludes halogenated alkanes) is 1. The maximum atomic E-state index is 14.1. The lowest BCUT2D eigenvalue weighted by molar-refractivity contribution is 0.396. The number of nitrogens with zero attached hydrogens (tertiary/aromatic N) is 2. The number of aryl methyl sites for hydroxylation is 1. The molecule has 0 amide bonds. The molecular weight excluding hydrogens is 472 g/mol. The van der Waals surface area contributed by atoms with Gasteiger partial charge in [0.05, 0.1) is 31.8 Å². The van der Waals surface area contributed by atoms with E-state index in [-0.39, 0.29) is 35.1 Å². The molecule has 0 bridgehead atoms. The van der Waals surface area contributed by atoms with Gasteiger partial charge in [-0.25, -0.2) is 8.78 Å². The summed E-state index contributed by atoms with van der Waals surface area (Å²) in [7, 11) is 2.98. The van der Waals surface area contributed by atoms with Gasteiger partial charge in [0.15, 0.2) is 11.6 Å². The Kier molecular flexibility index (Phi) is 7.33. The summed E-state index contributed by atoms with van der Waals surface area (Å²) in [5.41, 5.74) is 0.374. The second-order valence-electron chi connectivity index (χ2n) is 8.06. The number of H-pyrrole nitrogens is 1. The summed E-state index contributed by atoms with van der Waals surface area (Å²) in [6, 6.07) is 8.93. The molecule has 0 saturated carbocycles. The number of aromatic nitrogens is 3. The maximum absolute atomic E-state index is 14.1. The molecule has 0 aliphatic heterocycles. The first-order chi connectivity index (χ1) is 17.4. The van der Waals surface area contributed by atoms with Crippen molar-refractivity contribution < 1.29 is 27.8 Å². The van der Waals surface area contributed by atoms with Crippen molar-refractivity contribution in [3.8, 4) is 39.8 Å². The molecule has 4 aromatic rings. The Hall–Kier alpha value is -4.21. The molecule has 188 valence electrons. The smallest absolute Gasteiger partial charge is 0.264 e. The van der Waals surface area contributed by atoms with E-state index in [1.54, 1.807) is 18.2 Å². The van der Waals surface area contributed by atoms with Gasteiger partial charge in [-0.15, -0.1) is 10.2 Å². The summed E-state index contributed by atoms with van der Waals surface area (Å²) in [6.07, 6.45) is 1.89. The largest absolute Gasteiger partial charge is 0.506 e. The van der Waals surface area contributed by atoms with Crippen LogP contribution < -0.4 is 15.0 Å². The first-order valence-electron chi connectivity index (χ1n) is 11.3. The Morgan fingerprint density at radius 3 is 2.36 bits per heavy atom. The number of hydrogen-bond acceptors (Lipinski definition) is 7. The minimum absolute atomic E-state index is 0.0118. The lowest BCUT2D eigenvalue weighted by Crippen LogP contribution is -2.14.